The van der Waals surface area contributed by atoms with Gasteiger partial charge in [0.25, 0.3) is 5.78 Å². The van der Waals surface area contributed by atoms with Crippen LogP contribution in [-0.2, 0) is 22.5 Å². The third-order valence-corrected chi connectivity index (χ3v) is 4.53. The molecule has 2 aromatic heterocycles. The Morgan fingerprint density at radius 1 is 1.23 bits per heavy atom. The van der Waals surface area contributed by atoms with Crippen molar-refractivity contribution in [2.45, 2.75) is 40.2 Å². The van der Waals surface area contributed by atoms with Crippen LogP contribution in [0.15, 0.2) is 24.3 Å². The molecule has 0 spiro atoms. The Hall–Kier alpha value is -3.04. The molecule has 1 aromatic carbocycles. The van der Waals surface area contributed by atoms with E-state index in [9.17, 15) is 9.59 Å². The van der Waals surface area contributed by atoms with Gasteiger partial charge in [0, 0.05) is 23.5 Å². The van der Waals surface area contributed by atoms with E-state index in [0.717, 1.165) is 17.0 Å². The van der Waals surface area contributed by atoms with Crippen molar-refractivity contribution in [3.8, 4) is 0 Å². The van der Waals surface area contributed by atoms with Crippen LogP contribution in [0.2, 0.25) is 0 Å². The van der Waals surface area contributed by atoms with E-state index in [1.165, 1.54) is 0 Å². The summed E-state index contributed by atoms with van der Waals surface area (Å²) in [6.07, 6.45) is 0.763. The topological polar surface area (TPSA) is 124 Å². The van der Waals surface area contributed by atoms with Gasteiger partial charge in [-0.2, -0.15) is 4.98 Å². The molecule has 0 atom stereocenters. The van der Waals surface area contributed by atoms with Gasteiger partial charge in [-0.1, -0.05) is 6.07 Å². The van der Waals surface area contributed by atoms with E-state index in [2.05, 4.69) is 20.4 Å². The van der Waals surface area contributed by atoms with Gasteiger partial charge < -0.3 is 15.8 Å². The predicted octanol–water partition coefficient (Wildman–Crippen LogP) is 2.37. The van der Waals surface area contributed by atoms with E-state index in [1.54, 1.807) is 35.7 Å². The molecule has 0 aliphatic heterocycles. The van der Waals surface area contributed by atoms with Gasteiger partial charge in [-0.05, 0) is 51.0 Å². The number of anilines is 1. The summed E-state index contributed by atoms with van der Waals surface area (Å²) in [6, 6.07) is 6.68. The predicted molar refractivity (Wildman–Crippen MR) is 115 cm³/mol. The smallest absolute Gasteiger partial charge is 0.338 e. The average Bonchev–Trinajstić information content (AvgIpc) is 3.11. The van der Waals surface area contributed by atoms with Crippen LogP contribution in [0, 0.1) is 13.8 Å². The number of fused-ring (bicyclic) bond motifs is 1. The molecule has 0 saturated carbocycles. The molecule has 1 amide bonds. The number of hydrogen-bond donors (Lipinski definition) is 2. The fraction of sp³-hybridized carbons (Fsp3) is 0.350. The summed E-state index contributed by atoms with van der Waals surface area (Å²) in [5.74, 6) is 0.450. The summed E-state index contributed by atoms with van der Waals surface area (Å²) in [5, 5.41) is 7.16. The molecule has 160 valence electrons. The number of nitrogens with one attached hydrogen (secondary N) is 1. The van der Waals surface area contributed by atoms with Crippen LogP contribution in [0.25, 0.3) is 5.78 Å². The second-order valence-corrected chi connectivity index (χ2v) is 6.55. The maximum absolute atomic E-state index is 12.4. The molecule has 0 radical (unpaired) electrons. The van der Waals surface area contributed by atoms with Crippen LogP contribution in [0.4, 0.5) is 5.69 Å². The van der Waals surface area contributed by atoms with Crippen LogP contribution in [0.1, 0.15) is 46.5 Å². The molecule has 0 aliphatic carbocycles. The Bertz CT molecular complexity index is 1070. The summed E-state index contributed by atoms with van der Waals surface area (Å²) in [7, 11) is 0. The SMILES string of the molecule is CCOC(=O)c1cccc(NC(=O)CCc2c(C)nc3nc(CN)nn3c2C)c1.Cl. The van der Waals surface area contributed by atoms with E-state index in [-0.39, 0.29) is 31.3 Å². The maximum Gasteiger partial charge on any atom is 0.338 e. The zero-order valence-electron chi connectivity index (χ0n) is 17.1. The number of esters is 1. The zero-order chi connectivity index (χ0) is 21.0. The lowest BCUT2D eigenvalue weighted by atomic mass is 10.1. The van der Waals surface area contributed by atoms with Crippen molar-refractivity contribution in [3.05, 3.63) is 52.6 Å². The Kier molecular flexibility index (Phi) is 7.85. The van der Waals surface area contributed by atoms with Gasteiger partial charge in [0.2, 0.25) is 5.91 Å². The number of carbonyl (C=O) groups is 2. The van der Waals surface area contributed by atoms with Gasteiger partial charge in [-0.15, -0.1) is 17.5 Å². The summed E-state index contributed by atoms with van der Waals surface area (Å²) in [5.41, 5.74) is 9.19. The number of carbonyl (C=O) groups excluding carboxylic acids is 2. The fourth-order valence-electron chi connectivity index (χ4n) is 3.10. The van der Waals surface area contributed by atoms with E-state index in [4.69, 9.17) is 10.5 Å². The molecule has 10 heteroatoms. The molecule has 3 N–H and O–H groups in total. The second-order valence-electron chi connectivity index (χ2n) is 6.55. The quantitative estimate of drug-likeness (QED) is 0.549. The number of hydrogen-bond acceptors (Lipinski definition) is 7. The summed E-state index contributed by atoms with van der Waals surface area (Å²) in [6.45, 7) is 6.10. The highest BCUT2D eigenvalue weighted by Gasteiger charge is 2.15. The first kappa shape index (κ1) is 23.2. The van der Waals surface area contributed by atoms with Gasteiger partial charge in [0.05, 0.1) is 18.7 Å². The molecular weight excluding hydrogens is 408 g/mol. The van der Waals surface area contributed by atoms with Gasteiger partial charge in [0.1, 0.15) is 0 Å². The Morgan fingerprint density at radius 3 is 2.70 bits per heavy atom. The third kappa shape index (κ3) is 5.11. The third-order valence-electron chi connectivity index (χ3n) is 4.53. The minimum atomic E-state index is -0.418. The van der Waals surface area contributed by atoms with Crippen molar-refractivity contribution in [3.63, 3.8) is 0 Å². The standard InChI is InChI=1S/C20H24N6O3.ClH/c1-4-29-19(28)14-6-5-7-15(10-14)23-18(27)9-8-16-12(2)22-20-24-17(11-21)25-26(20)13(16)3;/h5-7,10H,4,8-9,11,21H2,1-3H3,(H,23,27);1H. The molecule has 30 heavy (non-hydrogen) atoms. The van der Waals surface area contributed by atoms with Gasteiger partial charge >= 0.3 is 5.97 Å². The second kappa shape index (κ2) is 10.1. The van der Waals surface area contributed by atoms with Crippen molar-refractivity contribution in [1.29, 1.82) is 0 Å². The summed E-state index contributed by atoms with van der Waals surface area (Å²) >= 11 is 0. The van der Waals surface area contributed by atoms with E-state index in [0.29, 0.717) is 35.9 Å². The minimum absolute atomic E-state index is 0. The van der Waals surface area contributed by atoms with Crippen LogP contribution in [-0.4, -0.2) is 38.1 Å². The van der Waals surface area contributed by atoms with E-state index < -0.39 is 5.97 Å². The first-order valence-electron chi connectivity index (χ1n) is 9.41. The minimum Gasteiger partial charge on any atom is -0.462 e. The van der Waals surface area contributed by atoms with Crippen molar-refractivity contribution in [1.82, 2.24) is 19.6 Å². The highest BCUT2D eigenvalue weighted by Crippen LogP contribution is 2.17. The van der Waals surface area contributed by atoms with Crippen LogP contribution in [0.3, 0.4) is 0 Å². The Labute approximate surface area is 180 Å². The highest BCUT2D eigenvalue weighted by atomic mass is 35.5. The number of aryl methyl sites for hydroxylation is 2. The van der Waals surface area contributed by atoms with Crippen molar-refractivity contribution in [2.75, 3.05) is 11.9 Å². The number of benzene rings is 1. The molecule has 0 fully saturated rings. The maximum atomic E-state index is 12.4. The Morgan fingerprint density at radius 2 is 2.00 bits per heavy atom. The fourth-order valence-corrected chi connectivity index (χ4v) is 3.10. The number of halogens is 1. The van der Waals surface area contributed by atoms with Gasteiger partial charge in [-0.3, -0.25) is 4.79 Å². The first-order valence-corrected chi connectivity index (χ1v) is 9.41. The van der Waals surface area contributed by atoms with Crippen molar-refractivity contribution in [2.24, 2.45) is 5.73 Å². The van der Waals surface area contributed by atoms with E-state index in [1.807, 2.05) is 13.8 Å². The largest absolute Gasteiger partial charge is 0.462 e. The number of aromatic nitrogens is 4. The van der Waals surface area contributed by atoms with Crippen molar-refractivity contribution >= 4 is 35.7 Å². The van der Waals surface area contributed by atoms with Gasteiger partial charge in [0.15, 0.2) is 5.82 Å². The molecular formula is C20H25ClN6O3. The molecule has 0 bridgehead atoms. The normalized spacial score (nSPS) is 10.5. The lowest BCUT2D eigenvalue weighted by Gasteiger charge is -2.11. The van der Waals surface area contributed by atoms with Crippen LogP contribution >= 0.6 is 12.4 Å². The molecule has 0 unspecified atom stereocenters. The molecule has 0 aliphatic rings. The highest BCUT2D eigenvalue weighted by molar-refractivity contribution is 5.94. The number of rotatable bonds is 7. The first-order chi connectivity index (χ1) is 13.9. The molecule has 0 saturated heterocycles. The lowest BCUT2D eigenvalue weighted by Crippen LogP contribution is -2.15. The number of amides is 1. The molecule has 3 aromatic rings. The monoisotopic (exact) mass is 432 g/mol. The zero-order valence-corrected chi connectivity index (χ0v) is 18.0. The van der Waals surface area contributed by atoms with Gasteiger partial charge in [-0.25, -0.2) is 14.3 Å². The lowest BCUT2D eigenvalue weighted by molar-refractivity contribution is -0.116. The summed E-state index contributed by atoms with van der Waals surface area (Å²) in [4.78, 5) is 33.0. The molecule has 3 rings (SSSR count). The average molecular weight is 433 g/mol. The van der Waals surface area contributed by atoms with Crippen molar-refractivity contribution < 1.29 is 14.3 Å². The molecule has 2 heterocycles. The summed E-state index contributed by atoms with van der Waals surface area (Å²) < 4.78 is 6.64. The van der Waals surface area contributed by atoms with E-state index >= 15 is 0 Å². The number of nitrogens with zero attached hydrogens (tertiary/aromatic N) is 4. The Balaban J connectivity index is 0.00000320. The number of nitrogens with two attached hydrogens (primary N) is 1. The van der Waals surface area contributed by atoms with Crippen LogP contribution in [0.5, 0.6) is 0 Å². The molecule has 9 nitrogen and oxygen atoms in total. The number of ether oxygens (including phenoxy) is 1. The van der Waals surface area contributed by atoms with Crippen LogP contribution < -0.4 is 11.1 Å².